The van der Waals surface area contributed by atoms with Gasteiger partial charge in [0, 0.05) is 6.42 Å². The molecule has 0 bridgehead atoms. The molecule has 0 saturated heterocycles. The Morgan fingerprint density at radius 1 is 0.415 bits per heavy atom. The number of imidazole rings is 1. The molecule has 0 aliphatic rings. The van der Waals surface area contributed by atoms with Gasteiger partial charge in [-0.2, -0.15) is 0 Å². The normalized spacial score (nSPS) is 11.6. The van der Waals surface area contributed by atoms with Gasteiger partial charge in [-0.1, -0.05) is 181 Å². The Morgan fingerprint density at radius 2 is 0.756 bits per heavy atom. The van der Waals surface area contributed by atoms with E-state index in [1.54, 1.807) is 5.82 Å². The first-order valence-corrected chi connectivity index (χ1v) is 19.4. The zero-order valence-electron chi connectivity index (χ0n) is 28.9. The summed E-state index contributed by atoms with van der Waals surface area (Å²) < 4.78 is 5.19. The minimum absolute atomic E-state index is 1.22. The number of unbranched alkanes of at least 4 members (excludes halogenated alkanes) is 27. The first-order valence-electron chi connectivity index (χ1n) is 19.4. The predicted octanol–water partition coefficient (Wildman–Crippen LogP) is 13.1. The lowest BCUT2D eigenvalue weighted by atomic mass is 10.0. The van der Waals surface area contributed by atoms with Crippen LogP contribution in [0.5, 0.6) is 0 Å². The van der Waals surface area contributed by atoms with Gasteiger partial charge in [0.2, 0.25) is 0 Å². The van der Waals surface area contributed by atoms with E-state index in [1.165, 1.54) is 212 Å². The van der Waals surface area contributed by atoms with E-state index in [4.69, 9.17) is 0 Å². The minimum atomic E-state index is 1.22. The lowest BCUT2D eigenvalue weighted by molar-refractivity contribution is -0.704. The molecule has 0 amide bonds. The molecule has 0 radical (unpaired) electrons. The van der Waals surface area contributed by atoms with Crippen molar-refractivity contribution in [2.24, 2.45) is 0 Å². The molecule has 1 heterocycles. The average molecular weight is 574 g/mol. The molecular formula is C39H77N2+. The first kappa shape index (κ1) is 38.2. The van der Waals surface area contributed by atoms with Crippen LogP contribution in [0.15, 0.2) is 12.4 Å². The maximum atomic E-state index is 2.60. The molecule has 1 rings (SSSR count). The minimum Gasteiger partial charge on any atom is -0.234 e. The van der Waals surface area contributed by atoms with Crippen molar-refractivity contribution in [3.8, 4) is 0 Å². The number of hydrogen-bond acceptors (Lipinski definition) is 0. The Bertz CT molecular complexity index is 634. The second kappa shape index (κ2) is 30.7. The van der Waals surface area contributed by atoms with Crippen molar-refractivity contribution < 1.29 is 4.57 Å². The lowest BCUT2D eigenvalue weighted by Gasteiger charge is -2.06. The van der Waals surface area contributed by atoms with Gasteiger partial charge in [-0.05, 0) is 32.1 Å². The molecular weight excluding hydrogens is 496 g/mol. The molecule has 1 aromatic heterocycles. The van der Waals surface area contributed by atoms with Gasteiger partial charge in [0.1, 0.15) is 12.4 Å². The SMILES string of the molecule is CCCCCCCCCCCCCCCCCCn1cc[n+](CCCCCCCCCCCCCC)c1CCCC. The first-order chi connectivity index (χ1) is 20.3. The van der Waals surface area contributed by atoms with Gasteiger partial charge < -0.3 is 0 Å². The number of aryl methyl sites for hydroxylation is 2. The molecule has 2 nitrogen and oxygen atoms in total. The Balaban J connectivity index is 2.05. The Labute approximate surface area is 259 Å². The van der Waals surface area contributed by atoms with Gasteiger partial charge in [0.05, 0.1) is 13.1 Å². The van der Waals surface area contributed by atoms with Crippen molar-refractivity contribution in [3.05, 3.63) is 18.2 Å². The van der Waals surface area contributed by atoms with Crippen molar-refractivity contribution >= 4 is 0 Å². The Hall–Kier alpha value is -0.790. The van der Waals surface area contributed by atoms with E-state index in [1.807, 2.05) is 0 Å². The molecule has 0 atom stereocenters. The highest BCUT2D eigenvalue weighted by Crippen LogP contribution is 2.15. The second-order valence-corrected chi connectivity index (χ2v) is 13.4. The molecule has 41 heavy (non-hydrogen) atoms. The third kappa shape index (κ3) is 23.4. The van der Waals surface area contributed by atoms with Gasteiger partial charge in [-0.15, -0.1) is 0 Å². The Morgan fingerprint density at radius 3 is 1.15 bits per heavy atom. The fraction of sp³-hybridized carbons (Fsp3) is 0.923. The van der Waals surface area contributed by atoms with Crippen LogP contribution in [0.2, 0.25) is 0 Å². The summed E-state index contributed by atoms with van der Waals surface area (Å²) in [4.78, 5) is 0. The third-order valence-corrected chi connectivity index (χ3v) is 9.35. The largest absolute Gasteiger partial charge is 0.256 e. The van der Waals surface area contributed by atoms with E-state index in [9.17, 15) is 0 Å². The van der Waals surface area contributed by atoms with Crippen LogP contribution >= 0.6 is 0 Å². The summed E-state index contributed by atoms with van der Waals surface area (Å²) >= 11 is 0. The van der Waals surface area contributed by atoms with Crippen molar-refractivity contribution in [1.29, 1.82) is 0 Å². The van der Waals surface area contributed by atoms with Crippen LogP contribution in [0.3, 0.4) is 0 Å². The summed E-state index contributed by atoms with van der Waals surface area (Å²) in [6, 6.07) is 0. The fourth-order valence-corrected chi connectivity index (χ4v) is 6.48. The molecule has 0 saturated carbocycles. The molecule has 242 valence electrons. The van der Waals surface area contributed by atoms with E-state index in [0.29, 0.717) is 0 Å². The standard InChI is InChI=1S/C39H77N2/c1-4-7-10-12-14-16-18-20-21-22-23-25-27-29-31-33-36-41-38-37-40(39(41)34-9-6-3)35-32-30-28-26-24-19-17-15-13-11-8-5-2/h37-38H,4-36H2,1-3H3/q+1. The van der Waals surface area contributed by atoms with Gasteiger partial charge in [-0.3, -0.25) is 0 Å². The van der Waals surface area contributed by atoms with Crippen LogP contribution in [-0.2, 0) is 19.5 Å². The predicted molar refractivity (Wildman–Crippen MR) is 184 cm³/mol. The molecule has 0 spiro atoms. The lowest BCUT2D eigenvalue weighted by Crippen LogP contribution is -2.37. The van der Waals surface area contributed by atoms with Crippen LogP contribution < -0.4 is 4.57 Å². The smallest absolute Gasteiger partial charge is 0.234 e. The topological polar surface area (TPSA) is 8.81 Å². The van der Waals surface area contributed by atoms with Crippen LogP contribution in [0.1, 0.15) is 219 Å². The molecule has 1 aromatic rings. The van der Waals surface area contributed by atoms with Gasteiger partial charge in [0.15, 0.2) is 0 Å². The van der Waals surface area contributed by atoms with E-state index in [0.717, 1.165) is 0 Å². The van der Waals surface area contributed by atoms with Crippen LogP contribution in [0.25, 0.3) is 0 Å². The van der Waals surface area contributed by atoms with Crippen molar-refractivity contribution in [1.82, 2.24) is 4.57 Å². The molecule has 0 N–H and O–H groups in total. The summed E-state index contributed by atoms with van der Waals surface area (Å²) in [7, 11) is 0. The summed E-state index contributed by atoms with van der Waals surface area (Å²) in [6.07, 6.45) is 49.0. The Kier molecular flexibility index (Phi) is 28.6. The highest BCUT2D eigenvalue weighted by molar-refractivity contribution is 4.84. The van der Waals surface area contributed by atoms with Crippen molar-refractivity contribution in [3.63, 3.8) is 0 Å². The van der Waals surface area contributed by atoms with E-state index in [-0.39, 0.29) is 0 Å². The molecule has 2 heteroatoms. The maximum Gasteiger partial charge on any atom is 0.256 e. The molecule has 0 aliphatic heterocycles. The quantitative estimate of drug-likeness (QED) is 0.0584. The monoisotopic (exact) mass is 574 g/mol. The van der Waals surface area contributed by atoms with Gasteiger partial charge in [-0.25, -0.2) is 9.13 Å². The third-order valence-electron chi connectivity index (χ3n) is 9.35. The van der Waals surface area contributed by atoms with E-state index in [2.05, 4.69) is 42.3 Å². The maximum absolute atomic E-state index is 2.60. The van der Waals surface area contributed by atoms with Crippen molar-refractivity contribution in [2.45, 2.75) is 233 Å². The number of hydrogen-bond donors (Lipinski definition) is 0. The van der Waals surface area contributed by atoms with E-state index < -0.39 is 0 Å². The second-order valence-electron chi connectivity index (χ2n) is 13.4. The number of rotatable bonds is 33. The van der Waals surface area contributed by atoms with Crippen LogP contribution in [0, 0.1) is 0 Å². The van der Waals surface area contributed by atoms with Crippen LogP contribution in [-0.4, -0.2) is 4.57 Å². The van der Waals surface area contributed by atoms with Gasteiger partial charge in [0.25, 0.3) is 5.82 Å². The van der Waals surface area contributed by atoms with E-state index >= 15 is 0 Å². The molecule has 0 aliphatic carbocycles. The molecule has 0 unspecified atom stereocenters. The average Bonchev–Trinajstić information content (AvgIpc) is 3.37. The highest BCUT2D eigenvalue weighted by atomic mass is 15.1. The van der Waals surface area contributed by atoms with Gasteiger partial charge >= 0.3 is 0 Å². The molecule has 0 aromatic carbocycles. The number of nitrogens with zero attached hydrogens (tertiary/aromatic N) is 2. The summed E-state index contributed by atoms with van der Waals surface area (Å²) in [5.41, 5.74) is 0. The summed E-state index contributed by atoms with van der Waals surface area (Å²) in [5, 5.41) is 0. The zero-order valence-corrected chi connectivity index (χ0v) is 28.9. The fourth-order valence-electron chi connectivity index (χ4n) is 6.48. The van der Waals surface area contributed by atoms with Crippen molar-refractivity contribution in [2.75, 3.05) is 0 Å². The number of aromatic nitrogens is 2. The summed E-state index contributed by atoms with van der Waals surface area (Å²) in [6.45, 7) is 9.40. The zero-order chi connectivity index (χ0) is 29.5. The highest BCUT2D eigenvalue weighted by Gasteiger charge is 2.16. The molecule has 0 fully saturated rings. The summed E-state index contributed by atoms with van der Waals surface area (Å²) in [5.74, 6) is 1.59. The van der Waals surface area contributed by atoms with Crippen LogP contribution in [0.4, 0.5) is 0 Å².